The highest BCUT2D eigenvalue weighted by molar-refractivity contribution is 9.10. The SMILES string of the molecule is CCc1cc(Br)ccc1N1CC(=O)N2CCCC2C1=O. The average molecular weight is 337 g/mol. The summed E-state index contributed by atoms with van der Waals surface area (Å²) >= 11 is 3.45. The molecule has 1 atom stereocenters. The van der Waals surface area contributed by atoms with Crippen LogP contribution in [-0.4, -0.2) is 35.8 Å². The molecule has 3 rings (SSSR count). The summed E-state index contributed by atoms with van der Waals surface area (Å²) in [6, 6.07) is 5.63. The van der Waals surface area contributed by atoms with Crippen molar-refractivity contribution in [3.8, 4) is 0 Å². The lowest BCUT2D eigenvalue weighted by molar-refractivity contribution is -0.140. The maximum atomic E-state index is 12.6. The molecule has 0 aromatic heterocycles. The van der Waals surface area contributed by atoms with E-state index in [0.29, 0.717) is 0 Å². The second-order valence-electron chi connectivity index (χ2n) is 5.30. The van der Waals surface area contributed by atoms with Crippen molar-refractivity contribution in [3.63, 3.8) is 0 Å². The Morgan fingerprint density at radius 2 is 2.15 bits per heavy atom. The first-order valence-electron chi connectivity index (χ1n) is 7.01. The average Bonchev–Trinajstić information content (AvgIpc) is 2.93. The number of hydrogen-bond donors (Lipinski definition) is 0. The fraction of sp³-hybridized carbons (Fsp3) is 0.467. The molecule has 1 unspecified atom stereocenters. The number of aryl methyl sites for hydroxylation is 1. The van der Waals surface area contributed by atoms with Gasteiger partial charge in [0.2, 0.25) is 11.8 Å². The van der Waals surface area contributed by atoms with Crippen molar-refractivity contribution < 1.29 is 9.59 Å². The standard InChI is InChI=1S/C15H17BrN2O2/c1-2-10-8-11(16)5-6-12(10)18-9-14(19)17-7-3-4-13(17)15(18)20/h5-6,8,13H,2-4,7,9H2,1H3. The number of hydrogen-bond acceptors (Lipinski definition) is 2. The van der Waals surface area contributed by atoms with E-state index in [2.05, 4.69) is 22.9 Å². The number of amides is 2. The molecule has 0 radical (unpaired) electrons. The van der Waals surface area contributed by atoms with Gasteiger partial charge in [0.15, 0.2) is 0 Å². The Morgan fingerprint density at radius 3 is 2.90 bits per heavy atom. The molecule has 2 aliphatic rings. The highest BCUT2D eigenvalue weighted by Gasteiger charge is 2.42. The minimum Gasteiger partial charge on any atom is -0.329 e. The van der Waals surface area contributed by atoms with E-state index < -0.39 is 0 Å². The summed E-state index contributed by atoms with van der Waals surface area (Å²) in [5.74, 6) is 0.135. The summed E-state index contributed by atoms with van der Waals surface area (Å²) in [7, 11) is 0. The Kier molecular flexibility index (Phi) is 3.54. The van der Waals surface area contributed by atoms with Crippen molar-refractivity contribution in [3.05, 3.63) is 28.2 Å². The lowest BCUT2D eigenvalue weighted by Crippen LogP contribution is -2.57. The highest BCUT2D eigenvalue weighted by Crippen LogP contribution is 2.31. The van der Waals surface area contributed by atoms with Crippen LogP contribution in [0, 0.1) is 0 Å². The predicted molar refractivity (Wildman–Crippen MR) is 80.6 cm³/mol. The lowest BCUT2D eigenvalue weighted by atomic mass is 10.1. The van der Waals surface area contributed by atoms with Crippen LogP contribution in [0.4, 0.5) is 5.69 Å². The molecule has 2 amide bonds. The summed E-state index contributed by atoms with van der Waals surface area (Å²) in [5, 5.41) is 0. The summed E-state index contributed by atoms with van der Waals surface area (Å²) in [4.78, 5) is 28.2. The second kappa shape index (κ2) is 5.20. The molecule has 106 valence electrons. The van der Waals surface area contributed by atoms with Crippen LogP contribution in [0.15, 0.2) is 22.7 Å². The van der Waals surface area contributed by atoms with Crippen molar-refractivity contribution in [2.75, 3.05) is 18.0 Å². The molecule has 0 spiro atoms. The summed E-state index contributed by atoms with van der Waals surface area (Å²) in [6.45, 7) is 2.96. The Bertz CT molecular complexity index is 573. The first-order valence-corrected chi connectivity index (χ1v) is 7.80. The van der Waals surface area contributed by atoms with Gasteiger partial charge in [0.25, 0.3) is 0 Å². The number of rotatable bonds is 2. The molecule has 4 nitrogen and oxygen atoms in total. The largest absolute Gasteiger partial charge is 0.329 e. The molecule has 2 fully saturated rings. The number of anilines is 1. The van der Waals surface area contributed by atoms with Gasteiger partial charge in [0.1, 0.15) is 12.6 Å². The van der Waals surface area contributed by atoms with E-state index in [1.54, 1.807) is 9.80 Å². The van der Waals surface area contributed by atoms with E-state index in [-0.39, 0.29) is 24.4 Å². The third-order valence-corrected chi connectivity index (χ3v) is 4.62. The molecule has 0 aliphatic carbocycles. The van der Waals surface area contributed by atoms with Crippen LogP contribution >= 0.6 is 15.9 Å². The predicted octanol–water partition coefficient (Wildman–Crippen LogP) is 2.35. The van der Waals surface area contributed by atoms with Crippen molar-refractivity contribution in [2.45, 2.75) is 32.2 Å². The van der Waals surface area contributed by atoms with Gasteiger partial charge in [-0.15, -0.1) is 0 Å². The number of carbonyl (C=O) groups excluding carboxylic acids is 2. The summed E-state index contributed by atoms with van der Waals surface area (Å²) in [6.07, 6.45) is 2.55. The number of fused-ring (bicyclic) bond motifs is 1. The smallest absolute Gasteiger partial charge is 0.250 e. The third kappa shape index (κ3) is 2.14. The van der Waals surface area contributed by atoms with Gasteiger partial charge in [-0.3, -0.25) is 9.59 Å². The van der Waals surface area contributed by atoms with Gasteiger partial charge in [0, 0.05) is 16.7 Å². The zero-order valence-electron chi connectivity index (χ0n) is 11.4. The van der Waals surface area contributed by atoms with Crippen LogP contribution in [-0.2, 0) is 16.0 Å². The molecule has 0 N–H and O–H groups in total. The lowest BCUT2D eigenvalue weighted by Gasteiger charge is -2.37. The highest BCUT2D eigenvalue weighted by atomic mass is 79.9. The fourth-order valence-electron chi connectivity index (χ4n) is 3.11. The Morgan fingerprint density at radius 1 is 1.35 bits per heavy atom. The van der Waals surface area contributed by atoms with Gasteiger partial charge in [-0.2, -0.15) is 0 Å². The van der Waals surface area contributed by atoms with Gasteiger partial charge in [0.05, 0.1) is 0 Å². The molecule has 5 heteroatoms. The molecule has 2 heterocycles. The monoisotopic (exact) mass is 336 g/mol. The normalized spacial score (nSPS) is 22.4. The van der Waals surface area contributed by atoms with Crippen molar-refractivity contribution in [1.82, 2.24) is 4.90 Å². The summed E-state index contributed by atoms with van der Waals surface area (Å²) in [5.41, 5.74) is 1.97. The van der Waals surface area contributed by atoms with Gasteiger partial charge in [-0.05, 0) is 43.0 Å². The minimum absolute atomic E-state index is 0.0667. The van der Waals surface area contributed by atoms with E-state index in [9.17, 15) is 9.59 Å². The summed E-state index contributed by atoms with van der Waals surface area (Å²) < 4.78 is 0.997. The van der Waals surface area contributed by atoms with Crippen LogP contribution in [0.3, 0.4) is 0 Å². The topological polar surface area (TPSA) is 40.6 Å². The van der Waals surface area contributed by atoms with Crippen molar-refractivity contribution >= 4 is 33.4 Å². The van der Waals surface area contributed by atoms with Gasteiger partial charge >= 0.3 is 0 Å². The van der Waals surface area contributed by atoms with Crippen LogP contribution < -0.4 is 4.90 Å². The van der Waals surface area contributed by atoms with Crippen LogP contribution in [0.5, 0.6) is 0 Å². The molecule has 2 aliphatic heterocycles. The van der Waals surface area contributed by atoms with E-state index in [0.717, 1.165) is 41.5 Å². The fourth-order valence-corrected chi connectivity index (χ4v) is 3.52. The van der Waals surface area contributed by atoms with Crippen LogP contribution in [0.1, 0.15) is 25.3 Å². The number of carbonyl (C=O) groups is 2. The zero-order chi connectivity index (χ0) is 14.3. The Balaban J connectivity index is 1.97. The van der Waals surface area contributed by atoms with E-state index >= 15 is 0 Å². The molecule has 20 heavy (non-hydrogen) atoms. The van der Waals surface area contributed by atoms with E-state index in [1.165, 1.54) is 0 Å². The van der Waals surface area contributed by atoms with E-state index in [1.807, 2.05) is 18.2 Å². The third-order valence-electron chi connectivity index (χ3n) is 4.13. The van der Waals surface area contributed by atoms with E-state index in [4.69, 9.17) is 0 Å². The molecular formula is C15H17BrN2O2. The van der Waals surface area contributed by atoms with Crippen LogP contribution in [0.2, 0.25) is 0 Å². The van der Waals surface area contributed by atoms with Gasteiger partial charge in [-0.25, -0.2) is 0 Å². The van der Waals surface area contributed by atoms with Crippen molar-refractivity contribution in [2.24, 2.45) is 0 Å². The van der Waals surface area contributed by atoms with Crippen molar-refractivity contribution in [1.29, 1.82) is 0 Å². The number of benzene rings is 1. The maximum absolute atomic E-state index is 12.6. The number of halogens is 1. The quantitative estimate of drug-likeness (QED) is 0.831. The minimum atomic E-state index is -0.246. The molecular weight excluding hydrogens is 320 g/mol. The van der Waals surface area contributed by atoms with Gasteiger partial charge in [-0.1, -0.05) is 22.9 Å². The molecule has 0 bridgehead atoms. The number of piperazine rings is 1. The van der Waals surface area contributed by atoms with Gasteiger partial charge < -0.3 is 9.80 Å². The molecule has 0 saturated carbocycles. The first kappa shape index (κ1) is 13.6. The molecule has 1 aromatic rings. The first-order chi connectivity index (χ1) is 9.61. The zero-order valence-corrected chi connectivity index (χ0v) is 13.0. The Labute approximate surface area is 126 Å². The number of nitrogens with zero attached hydrogens (tertiary/aromatic N) is 2. The molecule has 1 aromatic carbocycles. The second-order valence-corrected chi connectivity index (χ2v) is 6.21. The maximum Gasteiger partial charge on any atom is 0.250 e. The Hall–Kier alpha value is -1.36. The molecule has 2 saturated heterocycles. The van der Waals surface area contributed by atoms with Crippen LogP contribution in [0.25, 0.3) is 0 Å².